The summed E-state index contributed by atoms with van der Waals surface area (Å²) in [4.78, 5) is 26.5. The van der Waals surface area contributed by atoms with Crippen LogP contribution in [0, 0.1) is 15.5 Å². The van der Waals surface area contributed by atoms with E-state index in [4.69, 9.17) is 9.15 Å². The summed E-state index contributed by atoms with van der Waals surface area (Å²) in [5, 5.41) is 29.3. The van der Waals surface area contributed by atoms with Crippen LogP contribution in [0.1, 0.15) is 53.4 Å². The number of ether oxygens (including phenoxy) is 1. The van der Waals surface area contributed by atoms with Gasteiger partial charge in [0.15, 0.2) is 0 Å². The predicted molar refractivity (Wildman–Crippen MR) is 126 cm³/mol. The van der Waals surface area contributed by atoms with Gasteiger partial charge in [-0.1, -0.05) is 32.3 Å². The number of benzene rings is 1. The van der Waals surface area contributed by atoms with Crippen LogP contribution in [0.15, 0.2) is 22.6 Å². The molecule has 2 heterocycles. The highest BCUT2D eigenvalue weighted by molar-refractivity contribution is 5.84. The molecule has 0 saturated carbocycles. The molecule has 1 aliphatic rings. The van der Waals surface area contributed by atoms with E-state index < -0.39 is 17.1 Å². The Morgan fingerprint density at radius 3 is 2.59 bits per heavy atom. The smallest absolute Gasteiger partial charge is 0.415 e. The van der Waals surface area contributed by atoms with Crippen molar-refractivity contribution in [2.75, 3.05) is 31.1 Å². The number of hydrogen-bond acceptors (Lipinski definition) is 8. The summed E-state index contributed by atoms with van der Waals surface area (Å²) in [6.45, 7) is 10.8. The summed E-state index contributed by atoms with van der Waals surface area (Å²) >= 11 is 0. The van der Waals surface area contributed by atoms with Gasteiger partial charge >= 0.3 is 12.1 Å². The number of nitro groups is 1. The zero-order valence-corrected chi connectivity index (χ0v) is 20.2. The molecule has 1 saturated heterocycles. The van der Waals surface area contributed by atoms with Crippen molar-refractivity contribution in [3.63, 3.8) is 0 Å². The van der Waals surface area contributed by atoms with E-state index >= 15 is 0 Å². The maximum absolute atomic E-state index is 12.4. The topological polar surface area (TPSA) is 135 Å². The molecule has 0 radical (unpaired) electrons. The molecule has 1 aromatic carbocycles. The summed E-state index contributed by atoms with van der Waals surface area (Å²) in [6, 6.07) is 3.52. The molecular formula is C23H33N5O6. The van der Waals surface area contributed by atoms with Crippen LogP contribution in [0.3, 0.4) is 0 Å². The largest absolute Gasteiger partial charge is 0.493 e. The minimum Gasteiger partial charge on any atom is -0.493 e. The van der Waals surface area contributed by atoms with E-state index in [0.29, 0.717) is 12.0 Å². The molecule has 1 atom stereocenters. The Bertz CT molecular complexity index is 996. The Hall–Kier alpha value is -3.21. The average Bonchev–Trinajstić information content (AvgIpc) is 3.25. The van der Waals surface area contributed by atoms with E-state index in [2.05, 4.69) is 15.1 Å². The molecule has 0 bridgehead atoms. The van der Waals surface area contributed by atoms with Gasteiger partial charge in [0.1, 0.15) is 5.75 Å². The molecule has 1 N–H and O–H groups in total. The van der Waals surface area contributed by atoms with Gasteiger partial charge < -0.3 is 19.2 Å². The highest BCUT2D eigenvalue weighted by atomic mass is 16.6. The monoisotopic (exact) mass is 475 g/mol. The standard InChI is InChI=1S/C23H33N5O6/c1-5-33-18-15-16(28(31)32)9-10-17(18)20-24-25-21(34-20)27(22(29)30)19(23(2,3)4)11-14-26-12-7-6-8-13-26/h9-10,15,19H,5-8,11-14H2,1-4H3,(H,29,30). The van der Waals surface area contributed by atoms with E-state index in [9.17, 15) is 20.0 Å². The quantitative estimate of drug-likeness (QED) is 0.400. The van der Waals surface area contributed by atoms with Crippen LogP contribution in [0.5, 0.6) is 5.75 Å². The first-order valence-electron chi connectivity index (χ1n) is 11.6. The van der Waals surface area contributed by atoms with Crippen molar-refractivity contribution in [1.82, 2.24) is 15.1 Å². The molecule has 3 rings (SSSR count). The normalized spacial score (nSPS) is 15.6. The number of piperidine rings is 1. The molecule has 11 heteroatoms. The number of non-ortho nitro benzene ring substituents is 1. The molecular weight excluding hydrogens is 442 g/mol. The number of hydrogen-bond donors (Lipinski definition) is 1. The van der Waals surface area contributed by atoms with Gasteiger partial charge in [-0.25, -0.2) is 9.69 Å². The number of anilines is 1. The second-order valence-electron chi connectivity index (χ2n) is 9.49. The van der Waals surface area contributed by atoms with Crippen LogP contribution in [0.4, 0.5) is 16.5 Å². The lowest BCUT2D eigenvalue weighted by Crippen LogP contribution is -2.49. The van der Waals surface area contributed by atoms with Gasteiger partial charge in [-0.3, -0.25) is 10.1 Å². The molecule has 0 aliphatic carbocycles. The first-order chi connectivity index (χ1) is 16.1. The molecule has 1 amide bonds. The molecule has 1 aliphatic heterocycles. The summed E-state index contributed by atoms with van der Waals surface area (Å²) in [5.41, 5.74) is -0.158. The maximum Gasteiger partial charge on any atom is 0.415 e. The fourth-order valence-corrected chi connectivity index (χ4v) is 4.28. The number of likely N-dealkylation sites (tertiary alicyclic amines) is 1. The number of carboxylic acid groups (broad SMARTS) is 1. The SMILES string of the molecule is CCOc1cc([N+](=O)[O-])ccc1-c1nnc(N(C(=O)O)C(CCN2CCCCC2)C(C)(C)C)o1. The van der Waals surface area contributed by atoms with Crippen LogP contribution in [-0.4, -0.2) is 63.5 Å². The summed E-state index contributed by atoms with van der Waals surface area (Å²) in [5.74, 6) is 0.245. The van der Waals surface area contributed by atoms with Crippen LogP contribution >= 0.6 is 0 Å². The van der Waals surface area contributed by atoms with Crippen molar-refractivity contribution in [1.29, 1.82) is 0 Å². The Balaban J connectivity index is 1.91. The van der Waals surface area contributed by atoms with Crippen molar-refractivity contribution in [2.24, 2.45) is 5.41 Å². The van der Waals surface area contributed by atoms with E-state index in [1.165, 1.54) is 24.6 Å². The van der Waals surface area contributed by atoms with Gasteiger partial charge in [-0.15, -0.1) is 5.10 Å². The second kappa shape index (κ2) is 10.8. The Morgan fingerprint density at radius 1 is 1.29 bits per heavy atom. The fourth-order valence-electron chi connectivity index (χ4n) is 4.28. The van der Waals surface area contributed by atoms with Gasteiger partial charge in [0.2, 0.25) is 0 Å². The minimum absolute atomic E-state index is 0.0308. The number of amides is 1. The zero-order valence-electron chi connectivity index (χ0n) is 20.2. The Labute approximate surface area is 198 Å². The van der Waals surface area contributed by atoms with Gasteiger partial charge in [-0.05, 0) is 50.8 Å². The molecule has 1 unspecified atom stereocenters. The first-order valence-corrected chi connectivity index (χ1v) is 11.6. The second-order valence-corrected chi connectivity index (χ2v) is 9.49. The highest BCUT2D eigenvalue weighted by Gasteiger charge is 2.38. The third-order valence-electron chi connectivity index (χ3n) is 6.01. The van der Waals surface area contributed by atoms with Crippen LogP contribution in [0.25, 0.3) is 11.5 Å². The lowest BCUT2D eigenvalue weighted by molar-refractivity contribution is -0.384. The average molecular weight is 476 g/mol. The van der Waals surface area contributed by atoms with Gasteiger partial charge in [0, 0.05) is 12.6 Å². The fraction of sp³-hybridized carbons (Fsp3) is 0.609. The number of aromatic nitrogens is 2. The van der Waals surface area contributed by atoms with Gasteiger partial charge in [0.25, 0.3) is 11.6 Å². The predicted octanol–water partition coefficient (Wildman–Crippen LogP) is 4.82. The van der Waals surface area contributed by atoms with Crippen molar-refractivity contribution < 1.29 is 24.0 Å². The molecule has 1 fully saturated rings. The van der Waals surface area contributed by atoms with Crippen molar-refractivity contribution >= 4 is 17.8 Å². The van der Waals surface area contributed by atoms with Crippen LogP contribution in [0.2, 0.25) is 0 Å². The van der Waals surface area contributed by atoms with E-state index in [0.717, 1.165) is 37.4 Å². The highest BCUT2D eigenvalue weighted by Crippen LogP contribution is 2.36. The Morgan fingerprint density at radius 2 is 2.00 bits per heavy atom. The van der Waals surface area contributed by atoms with Crippen LogP contribution < -0.4 is 9.64 Å². The zero-order chi connectivity index (χ0) is 24.9. The van der Waals surface area contributed by atoms with Crippen molar-refractivity contribution in [3.8, 4) is 17.2 Å². The number of nitrogens with zero attached hydrogens (tertiary/aromatic N) is 5. The third kappa shape index (κ3) is 6.02. The Kier molecular flexibility index (Phi) is 8.08. The third-order valence-corrected chi connectivity index (χ3v) is 6.01. The van der Waals surface area contributed by atoms with Gasteiger partial charge in [-0.2, -0.15) is 0 Å². The first kappa shape index (κ1) is 25.4. The van der Waals surface area contributed by atoms with Crippen LogP contribution in [-0.2, 0) is 0 Å². The number of carbonyl (C=O) groups is 1. The lowest BCUT2D eigenvalue weighted by atomic mass is 9.83. The molecule has 34 heavy (non-hydrogen) atoms. The minimum atomic E-state index is -1.18. The van der Waals surface area contributed by atoms with Gasteiger partial charge in [0.05, 0.1) is 29.2 Å². The summed E-state index contributed by atoms with van der Waals surface area (Å²) < 4.78 is 11.3. The lowest BCUT2D eigenvalue weighted by Gasteiger charge is -2.38. The maximum atomic E-state index is 12.4. The van der Waals surface area contributed by atoms with Crippen molar-refractivity contribution in [3.05, 3.63) is 28.3 Å². The van der Waals surface area contributed by atoms with E-state index in [1.807, 2.05) is 20.8 Å². The number of nitro benzene ring substituents is 1. The summed E-state index contributed by atoms with van der Waals surface area (Å²) in [6.07, 6.45) is 3.00. The number of rotatable bonds is 9. The molecule has 186 valence electrons. The summed E-state index contributed by atoms with van der Waals surface area (Å²) in [7, 11) is 0. The van der Waals surface area contributed by atoms with E-state index in [-0.39, 0.29) is 35.4 Å². The van der Waals surface area contributed by atoms with Crippen molar-refractivity contribution in [2.45, 2.75) is 59.4 Å². The van der Waals surface area contributed by atoms with E-state index in [1.54, 1.807) is 6.92 Å². The molecule has 11 nitrogen and oxygen atoms in total. The molecule has 0 spiro atoms. The molecule has 1 aromatic heterocycles. The molecule has 2 aromatic rings.